The highest BCUT2D eigenvalue weighted by Gasteiger charge is 2.22. The molecule has 0 atom stereocenters. The summed E-state index contributed by atoms with van der Waals surface area (Å²) in [5, 5.41) is 11.4. The molecule has 1 saturated heterocycles. The van der Waals surface area contributed by atoms with Gasteiger partial charge in [-0.05, 0) is 79.6 Å². The Morgan fingerprint density at radius 1 is 1.13 bits per heavy atom. The summed E-state index contributed by atoms with van der Waals surface area (Å²) in [6.07, 6.45) is 7.04. The molecule has 1 amide bonds. The van der Waals surface area contributed by atoms with Gasteiger partial charge in [-0.15, -0.1) is 12.6 Å². The molecule has 212 valence electrons. The van der Waals surface area contributed by atoms with Crippen LogP contribution in [0.5, 0.6) is 0 Å². The number of nitrogens with zero attached hydrogens (tertiary/aromatic N) is 2. The molecule has 1 fully saturated rings. The number of hydrogen-bond donors (Lipinski definition) is 5. The lowest BCUT2D eigenvalue weighted by Crippen LogP contribution is -2.43. The molecule has 4 rings (SSSR count). The SMILES string of the molecule is CCCN(CCC)C(=O)C1=Cc2c(CCCCN)cc(-c3cccc(S)c3)cc2N=C(N)C1.OCC1CNC1. The van der Waals surface area contributed by atoms with Crippen molar-refractivity contribution in [3.05, 3.63) is 53.1 Å². The Balaban J connectivity index is 0.000000617. The Morgan fingerprint density at radius 3 is 2.44 bits per heavy atom. The Hall–Kier alpha value is -2.65. The van der Waals surface area contributed by atoms with E-state index in [1.807, 2.05) is 23.1 Å². The third-order valence-electron chi connectivity index (χ3n) is 6.95. The van der Waals surface area contributed by atoms with Crippen LogP contribution in [-0.2, 0) is 11.2 Å². The van der Waals surface area contributed by atoms with Crippen molar-refractivity contribution >= 4 is 36.1 Å². The van der Waals surface area contributed by atoms with E-state index in [1.165, 1.54) is 5.56 Å². The van der Waals surface area contributed by atoms with Gasteiger partial charge >= 0.3 is 0 Å². The predicted molar refractivity (Wildman–Crippen MR) is 166 cm³/mol. The molecule has 6 N–H and O–H groups in total. The molecule has 0 saturated carbocycles. The molecule has 0 aromatic heterocycles. The molecule has 0 aliphatic carbocycles. The van der Waals surface area contributed by atoms with E-state index in [9.17, 15) is 4.79 Å². The van der Waals surface area contributed by atoms with Crippen molar-refractivity contribution in [1.29, 1.82) is 0 Å². The number of nitrogens with two attached hydrogens (primary N) is 2. The van der Waals surface area contributed by atoms with Gasteiger partial charge in [0.05, 0.1) is 5.69 Å². The standard InChI is InChI=1S/C27H36N4OS.C4H9NO/c1-3-12-31(13-4-2)27(32)22-16-24-20(8-5-6-11-28)14-21(17-25(24)30-26(29)18-22)19-9-7-10-23(33)15-19;6-3-4-1-5-2-4/h7,9-10,14-17,33H,3-6,8,11-13,18,28H2,1-2H3,(H2,29,30);4-6H,1-3H2. The maximum Gasteiger partial charge on any atom is 0.250 e. The van der Waals surface area contributed by atoms with Crippen LogP contribution >= 0.6 is 12.6 Å². The summed E-state index contributed by atoms with van der Waals surface area (Å²) in [5.74, 6) is 1.09. The fourth-order valence-corrected chi connectivity index (χ4v) is 4.99. The van der Waals surface area contributed by atoms with E-state index in [0.29, 0.717) is 36.9 Å². The number of amides is 1. The summed E-state index contributed by atoms with van der Waals surface area (Å²) in [4.78, 5) is 21.0. The fraction of sp³-hybridized carbons (Fsp3) is 0.484. The number of unbranched alkanes of at least 4 members (excludes halogenated alkanes) is 1. The number of carbonyl (C=O) groups is 1. The molecule has 2 aromatic rings. The normalized spacial score (nSPS) is 14.7. The number of aliphatic hydroxyl groups is 1. The quantitative estimate of drug-likeness (QED) is 0.208. The molecule has 2 heterocycles. The zero-order chi connectivity index (χ0) is 28.2. The first-order chi connectivity index (χ1) is 18.9. The molecule has 8 heteroatoms. The number of aliphatic imine (C=N–C) groups is 1. The van der Waals surface area contributed by atoms with E-state index in [0.717, 1.165) is 85.6 Å². The predicted octanol–water partition coefficient (Wildman–Crippen LogP) is 4.55. The van der Waals surface area contributed by atoms with Gasteiger partial charge in [0.1, 0.15) is 5.84 Å². The lowest BCUT2D eigenvalue weighted by Gasteiger charge is -2.24. The Labute approximate surface area is 239 Å². The zero-order valence-corrected chi connectivity index (χ0v) is 24.4. The number of amidine groups is 1. The van der Waals surface area contributed by atoms with Gasteiger partial charge in [-0.25, -0.2) is 4.99 Å². The number of nitrogens with one attached hydrogen (secondary N) is 1. The van der Waals surface area contributed by atoms with Crippen molar-refractivity contribution in [2.24, 2.45) is 22.4 Å². The minimum absolute atomic E-state index is 0.0597. The lowest BCUT2D eigenvalue weighted by molar-refractivity contribution is -0.127. The minimum atomic E-state index is 0.0597. The zero-order valence-electron chi connectivity index (χ0n) is 23.5. The van der Waals surface area contributed by atoms with Crippen molar-refractivity contribution in [1.82, 2.24) is 10.2 Å². The van der Waals surface area contributed by atoms with Crippen molar-refractivity contribution < 1.29 is 9.90 Å². The van der Waals surface area contributed by atoms with Crippen LogP contribution in [-0.4, -0.2) is 61.1 Å². The van der Waals surface area contributed by atoms with Gasteiger partial charge in [-0.1, -0.05) is 32.0 Å². The summed E-state index contributed by atoms with van der Waals surface area (Å²) in [6, 6.07) is 12.4. The molecular formula is C31H45N5O2S. The monoisotopic (exact) mass is 551 g/mol. The van der Waals surface area contributed by atoms with Crippen LogP contribution < -0.4 is 16.8 Å². The number of fused-ring (bicyclic) bond motifs is 1. The van der Waals surface area contributed by atoms with Crippen LogP contribution in [0, 0.1) is 5.92 Å². The molecule has 2 aliphatic heterocycles. The second kappa shape index (κ2) is 15.8. The van der Waals surface area contributed by atoms with E-state index in [4.69, 9.17) is 21.6 Å². The number of hydrogen-bond acceptors (Lipinski definition) is 7. The minimum Gasteiger partial charge on any atom is -0.396 e. The Morgan fingerprint density at radius 2 is 1.87 bits per heavy atom. The summed E-state index contributed by atoms with van der Waals surface area (Å²) in [7, 11) is 0. The van der Waals surface area contributed by atoms with Crippen LogP contribution in [0.15, 0.2) is 51.9 Å². The summed E-state index contributed by atoms with van der Waals surface area (Å²) >= 11 is 4.50. The first kappa shape index (κ1) is 30.9. The van der Waals surface area contributed by atoms with Crippen LogP contribution in [0.25, 0.3) is 17.2 Å². The first-order valence-corrected chi connectivity index (χ1v) is 14.7. The number of thiol groups is 1. The highest BCUT2D eigenvalue weighted by atomic mass is 32.1. The summed E-state index contributed by atoms with van der Waals surface area (Å²) in [5.41, 5.74) is 17.9. The number of rotatable bonds is 11. The van der Waals surface area contributed by atoms with Crippen LogP contribution in [0.1, 0.15) is 57.1 Å². The van der Waals surface area contributed by atoms with Gasteiger partial charge in [0, 0.05) is 61.2 Å². The average Bonchev–Trinajstić information content (AvgIpc) is 3.06. The molecule has 2 aromatic carbocycles. The molecule has 0 bridgehead atoms. The number of carbonyl (C=O) groups excluding carboxylic acids is 1. The van der Waals surface area contributed by atoms with Crippen LogP contribution in [0.4, 0.5) is 5.69 Å². The van der Waals surface area contributed by atoms with Crippen molar-refractivity contribution in [2.75, 3.05) is 39.3 Å². The van der Waals surface area contributed by atoms with E-state index in [-0.39, 0.29) is 5.91 Å². The largest absolute Gasteiger partial charge is 0.396 e. The van der Waals surface area contributed by atoms with E-state index in [2.05, 4.69) is 56.1 Å². The van der Waals surface area contributed by atoms with E-state index in [1.54, 1.807) is 0 Å². The number of aliphatic hydroxyl groups excluding tert-OH is 1. The van der Waals surface area contributed by atoms with Crippen LogP contribution in [0.2, 0.25) is 0 Å². The van der Waals surface area contributed by atoms with E-state index < -0.39 is 0 Å². The number of benzene rings is 2. The van der Waals surface area contributed by atoms with Gasteiger partial charge < -0.3 is 26.8 Å². The lowest BCUT2D eigenvalue weighted by atomic mass is 9.93. The van der Waals surface area contributed by atoms with Crippen molar-refractivity contribution in [3.8, 4) is 11.1 Å². The van der Waals surface area contributed by atoms with Gasteiger partial charge in [-0.2, -0.15) is 0 Å². The summed E-state index contributed by atoms with van der Waals surface area (Å²) < 4.78 is 0. The molecule has 39 heavy (non-hydrogen) atoms. The molecule has 0 radical (unpaired) electrons. The third kappa shape index (κ3) is 8.93. The fourth-order valence-electron chi connectivity index (χ4n) is 4.76. The summed E-state index contributed by atoms with van der Waals surface area (Å²) in [6.45, 7) is 8.72. The molecule has 7 nitrogen and oxygen atoms in total. The molecule has 0 unspecified atom stereocenters. The maximum absolute atomic E-state index is 13.4. The van der Waals surface area contributed by atoms with E-state index >= 15 is 0 Å². The second-order valence-corrected chi connectivity index (χ2v) is 10.8. The van der Waals surface area contributed by atoms with Gasteiger partial charge in [0.2, 0.25) is 5.91 Å². The second-order valence-electron chi connectivity index (χ2n) is 10.3. The van der Waals surface area contributed by atoms with Gasteiger partial charge in [0.25, 0.3) is 0 Å². The molecule has 2 aliphatic rings. The maximum atomic E-state index is 13.4. The van der Waals surface area contributed by atoms with Crippen molar-refractivity contribution in [2.45, 2.75) is 57.3 Å². The van der Waals surface area contributed by atoms with Crippen molar-refractivity contribution in [3.63, 3.8) is 0 Å². The first-order valence-electron chi connectivity index (χ1n) is 14.2. The molecule has 0 spiro atoms. The Bertz CT molecular complexity index is 1150. The average molecular weight is 552 g/mol. The highest BCUT2D eigenvalue weighted by molar-refractivity contribution is 7.80. The van der Waals surface area contributed by atoms with Gasteiger partial charge in [-0.3, -0.25) is 4.79 Å². The smallest absolute Gasteiger partial charge is 0.250 e. The van der Waals surface area contributed by atoms with Gasteiger partial charge in [0.15, 0.2) is 0 Å². The molecular weight excluding hydrogens is 506 g/mol. The third-order valence-corrected chi connectivity index (χ3v) is 7.23. The topological polar surface area (TPSA) is 117 Å². The Kier molecular flexibility index (Phi) is 12.5. The number of aryl methyl sites for hydroxylation is 1. The highest BCUT2D eigenvalue weighted by Crippen LogP contribution is 2.36. The van der Waals surface area contributed by atoms with Crippen LogP contribution in [0.3, 0.4) is 0 Å².